The molecule has 0 radical (unpaired) electrons. The van der Waals surface area contributed by atoms with Crippen LogP contribution in [0.15, 0.2) is 0 Å². The molecule has 0 rings (SSSR count). The summed E-state index contributed by atoms with van der Waals surface area (Å²) in [6.45, 7) is 0. The molecular weight excluding hydrogens is 76.9 g/mol. The van der Waals surface area contributed by atoms with Crippen molar-refractivity contribution in [2.45, 2.75) is 0 Å². The molecular formula is C2H10BN3. The van der Waals surface area contributed by atoms with Crippen LogP contribution in [0.25, 0.3) is 0 Å². The maximum atomic E-state index is 5.25. The second-order valence-electron chi connectivity index (χ2n) is 1.06. The molecule has 0 amide bonds. The first-order valence-corrected chi connectivity index (χ1v) is 1.91. The van der Waals surface area contributed by atoms with Gasteiger partial charge in [0.05, 0.1) is 0 Å². The van der Waals surface area contributed by atoms with Gasteiger partial charge in [0.15, 0.2) is 0 Å². The maximum absolute atomic E-state index is 5.25. The molecule has 0 atom stereocenters. The quantitative estimate of drug-likeness (QED) is 0.354. The smallest absolute Gasteiger partial charge is 0.341 e. The van der Waals surface area contributed by atoms with Crippen LogP contribution < -0.4 is 16.1 Å². The summed E-state index contributed by atoms with van der Waals surface area (Å²) in [6, 6.07) is 0. The van der Waals surface area contributed by atoms with Crippen molar-refractivity contribution in [2.75, 3.05) is 14.1 Å². The van der Waals surface area contributed by atoms with E-state index in [4.69, 9.17) is 5.64 Å². The lowest BCUT2D eigenvalue weighted by atomic mass is 9.99. The first-order valence-electron chi connectivity index (χ1n) is 1.91. The third kappa shape index (κ3) is 2.20. The van der Waals surface area contributed by atoms with Crippen molar-refractivity contribution in [3.8, 4) is 0 Å². The van der Waals surface area contributed by atoms with Crippen molar-refractivity contribution < 1.29 is 0 Å². The highest BCUT2D eigenvalue weighted by atomic mass is 15.0. The van der Waals surface area contributed by atoms with Crippen molar-refractivity contribution in [3.63, 3.8) is 0 Å². The van der Waals surface area contributed by atoms with Gasteiger partial charge < -0.3 is 16.1 Å². The van der Waals surface area contributed by atoms with Crippen LogP contribution >= 0.6 is 0 Å². The van der Waals surface area contributed by atoms with E-state index in [0.717, 1.165) is 0 Å². The van der Waals surface area contributed by atoms with E-state index in [0.29, 0.717) is 0 Å². The highest BCUT2D eigenvalue weighted by molar-refractivity contribution is 6.49. The van der Waals surface area contributed by atoms with Crippen LogP contribution in [0.5, 0.6) is 0 Å². The molecule has 0 unspecified atom stereocenters. The summed E-state index contributed by atoms with van der Waals surface area (Å²) >= 11 is 0. The van der Waals surface area contributed by atoms with Gasteiger partial charge in [-0.15, -0.1) is 0 Å². The summed E-state index contributed by atoms with van der Waals surface area (Å²) in [7, 11) is 3.52. The van der Waals surface area contributed by atoms with E-state index in [1.54, 1.807) is 14.1 Å². The van der Waals surface area contributed by atoms with Crippen LogP contribution in [-0.2, 0) is 0 Å². The second-order valence-corrected chi connectivity index (χ2v) is 1.06. The van der Waals surface area contributed by atoms with Crippen LogP contribution in [0.1, 0.15) is 0 Å². The van der Waals surface area contributed by atoms with Crippen molar-refractivity contribution in [1.82, 2.24) is 10.5 Å². The van der Waals surface area contributed by atoms with Gasteiger partial charge in [-0.05, 0) is 14.1 Å². The fourth-order valence-corrected chi connectivity index (χ4v) is 0.144. The minimum absolute atomic E-state index is 0.0648. The number of rotatable bonds is 2. The minimum atomic E-state index is -0.0648. The zero-order valence-corrected chi connectivity index (χ0v) is 4.15. The topological polar surface area (TPSA) is 50.1 Å². The van der Waals surface area contributed by atoms with Gasteiger partial charge in [0, 0.05) is 0 Å². The summed E-state index contributed by atoms with van der Waals surface area (Å²) < 4.78 is 0. The minimum Gasteiger partial charge on any atom is -0.341 e. The van der Waals surface area contributed by atoms with Gasteiger partial charge in [-0.3, -0.25) is 0 Å². The summed E-state index contributed by atoms with van der Waals surface area (Å²) in [5.41, 5.74) is 5.25. The van der Waals surface area contributed by atoms with Crippen LogP contribution in [0, 0.1) is 0 Å². The molecule has 0 bridgehead atoms. The highest BCUT2D eigenvalue weighted by Gasteiger charge is 1.95. The van der Waals surface area contributed by atoms with Crippen LogP contribution in [0.4, 0.5) is 0 Å². The van der Waals surface area contributed by atoms with Gasteiger partial charge in [-0.1, -0.05) is 0 Å². The Labute approximate surface area is 38.4 Å². The fourth-order valence-electron chi connectivity index (χ4n) is 0.144. The third-order valence-corrected chi connectivity index (χ3v) is 0.622. The zero-order valence-electron chi connectivity index (χ0n) is 4.15. The zero-order chi connectivity index (χ0) is 4.99. The van der Waals surface area contributed by atoms with Gasteiger partial charge in [0.1, 0.15) is 0 Å². The third-order valence-electron chi connectivity index (χ3n) is 0.622. The van der Waals surface area contributed by atoms with E-state index in [2.05, 4.69) is 10.5 Å². The molecule has 3 nitrogen and oxygen atoms in total. The Bertz CT molecular complexity index is 28.0. The van der Waals surface area contributed by atoms with Gasteiger partial charge >= 0.3 is 7.12 Å². The van der Waals surface area contributed by atoms with Crippen molar-refractivity contribution in [3.05, 3.63) is 0 Å². The van der Waals surface area contributed by atoms with Crippen LogP contribution in [-0.4, -0.2) is 21.2 Å². The number of nitrogens with one attached hydrogen (secondary N) is 2. The molecule has 0 saturated heterocycles. The Balaban J connectivity index is 2.75. The van der Waals surface area contributed by atoms with Gasteiger partial charge in [-0.25, -0.2) is 0 Å². The largest absolute Gasteiger partial charge is 0.391 e. The maximum Gasteiger partial charge on any atom is 0.391 e. The molecule has 6 heavy (non-hydrogen) atoms. The molecule has 4 N–H and O–H groups in total. The summed E-state index contributed by atoms with van der Waals surface area (Å²) in [4.78, 5) is 0. The Morgan fingerprint density at radius 1 is 1.33 bits per heavy atom. The van der Waals surface area contributed by atoms with Crippen molar-refractivity contribution >= 4 is 7.12 Å². The van der Waals surface area contributed by atoms with Gasteiger partial charge in [0.25, 0.3) is 0 Å². The lowest BCUT2D eigenvalue weighted by Crippen LogP contribution is -2.51. The first-order chi connectivity index (χ1) is 2.81. The molecule has 4 heteroatoms. The van der Waals surface area contributed by atoms with Gasteiger partial charge in [0.2, 0.25) is 0 Å². The molecule has 0 aromatic heterocycles. The average Bonchev–Trinajstić information content (AvgIpc) is 1.65. The molecule has 0 aliphatic rings. The molecule has 0 spiro atoms. The standard InChI is InChI=1S/C2H10BN3/c1-5-3(4)6-2/h5-6H,4H2,1-2H3. The predicted octanol–water partition coefficient (Wildman–Crippen LogP) is -1.63. The van der Waals surface area contributed by atoms with Crippen molar-refractivity contribution in [2.24, 2.45) is 5.64 Å². The predicted molar refractivity (Wildman–Crippen MR) is 28.1 cm³/mol. The molecule has 36 valence electrons. The molecule has 0 aromatic carbocycles. The monoisotopic (exact) mass is 87.1 g/mol. The summed E-state index contributed by atoms with van der Waals surface area (Å²) in [5, 5.41) is 5.56. The SMILES string of the molecule is CNB(N)NC. The lowest BCUT2D eigenvalue weighted by molar-refractivity contribution is 1.06. The van der Waals surface area contributed by atoms with E-state index in [1.165, 1.54) is 0 Å². The van der Waals surface area contributed by atoms with Crippen molar-refractivity contribution in [1.29, 1.82) is 0 Å². The van der Waals surface area contributed by atoms with E-state index >= 15 is 0 Å². The molecule has 0 saturated carbocycles. The van der Waals surface area contributed by atoms with Crippen LogP contribution in [0.2, 0.25) is 0 Å². The highest BCUT2D eigenvalue weighted by Crippen LogP contribution is 1.39. The van der Waals surface area contributed by atoms with E-state index in [1.807, 2.05) is 0 Å². The van der Waals surface area contributed by atoms with E-state index < -0.39 is 0 Å². The first kappa shape index (κ1) is 5.94. The van der Waals surface area contributed by atoms with Gasteiger partial charge in [-0.2, -0.15) is 0 Å². The molecule has 0 aliphatic carbocycles. The Hall–Kier alpha value is -0.0551. The second kappa shape index (κ2) is 3.15. The fraction of sp³-hybridized carbons (Fsp3) is 1.00. The summed E-state index contributed by atoms with van der Waals surface area (Å²) in [5.74, 6) is 0. The molecule has 0 aromatic rings. The summed E-state index contributed by atoms with van der Waals surface area (Å²) in [6.07, 6.45) is 0. The molecule has 0 fully saturated rings. The number of hydrogen-bond donors (Lipinski definition) is 3. The average molecular weight is 86.9 g/mol. The Kier molecular flexibility index (Phi) is 3.12. The number of nitrogens with two attached hydrogens (primary N) is 1. The number of hydrogen-bond acceptors (Lipinski definition) is 3. The molecule has 0 heterocycles. The Morgan fingerprint density at radius 3 is 1.67 bits per heavy atom. The van der Waals surface area contributed by atoms with E-state index in [9.17, 15) is 0 Å². The Morgan fingerprint density at radius 2 is 1.67 bits per heavy atom. The normalized spacial score (nSPS) is 8.50. The molecule has 0 aliphatic heterocycles. The van der Waals surface area contributed by atoms with Crippen LogP contribution in [0.3, 0.4) is 0 Å². The van der Waals surface area contributed by atoms with E-state index in [-0.39, 0.29) is 7.12 Å². The lowest BCUT2D eigenvalue weighted by Gasteiger charge is -1.98.